The molecular formula is C28H47NO4. The standard InChI is InChI=1S/C28H47NO4/c1-3-4-5-6-7-8-9-10-11-12-13-14-15-17-21-29-22-20-25(31)28(27(29)24(2)30)33-26-19-16-18-23-32-26/h20,22,26H,3-19,21,23H2,1-2H3. The number of pyridine rings is 1. The Morgan fingerprint density at radius 3 is 2.03 bits per heavy atom. The van der Waals surface area contributed by atoms with Crippen LogP contribution in [0.5, 0.6) is 5.75 Å². The second-order valence-electron chi connectivity index (χ2n) is 9.62. The summed E-state index contributed by atoms with van der Waals surface area (Å²) in [6, 6.07) is 1.51. The maximum atomic E-state index is 12.4. The molecule has 1 saturated heterocycles. The van der Waals surface area contributed by atoms with Gasteiger partial charge in [0.05, 0.1) is 6.61 Å². The van der Waals surface area contributed by atoms with Crippen LogP contribution in [-0.4, -0.2) is 23.2 Å². The van der Waals surface area contributed by atoms with Crippen molar-refractivity contribution in [3.8, 4) is 5.75 Å². The fourth-order valence-corrected chi connectivity index (χ4v) is 4.63. The Kier molecular flexibility index (Phi) is 14.2. The van der Waals surface area contributed by atoms with Gasteiger partial charge in [0.25, 0.3) is 0 Å². The van der Waals surface area contributed by atoms with Crippen molar-refractivity contribution in [2.45, 2.75) is 136 Å². The van der Waals surface area contributed by atoms with Crippen LogP contribution < -0.4 is 10.2 Å². The first-order valence-corrected chi connectivity index (χ1v) is 13.7. The third-order valence-corrected chi connectivity index (χ3v) is 6.61. The van der Waals surface area contributed by atoms with Gasteiger partial charge < -0.3 is 14.0 Å². The summed E-state index contributed by atoms with van der Waals surface area (Å²) in [7, 11) is 0. The number of Topliss-reactive ketones (excluding diaryl/α,β-unsaturated/α-hetero) is 1. The van der Waals surface area contributed by atoms with Gasteiger partial charge in [-0.05, 0) is 19.3 Å². The molecule has 0 spiro atoms. The molecule has 1 aliphatic rings. The Bertz CT molecular complexity index is 721. The molecule has 5 heteroatoms. The normalized spacial score (nSPS) is 16.1. The fraction of sp³-hybridized carbons (Fsp3) is 0.786. The summed E-state index contributed by atoms with van der Waals surface area (Å²) in [5.74, 6) is 0.0196. The molecule has 1 unspecified atom stereocenters. The van der Waals surface area contributed by atoms with Crippen LogP contribution in [0.4, 0.5) is 0 Å². The lowest BCUT2D eigenvalue weighted by atomic mass is 10.0. The molecule has 1 fully saturated rings. The number of nitrogens with zero attached hydrogens (tertiary/aromatic N) is 1. The van der Waals surface area contributed by atoms with Gasteiger partial charge in [-0.2, -0.15) is 0 Å². The maximum absolute atomic E-state index is 12.4. The molecule has 2 rings (SSSR count). The lowest BCUT2D eigenvalue weighted by molar-refractivity contribution is -0.106. The van der Waals surface area contributed by atoms with E-state index in [1.54, 1.807) is 6.20 Å². The zero-order valence-corrected chi connectivity index (χ0v) is 21.2. The van der Waals surface area contributed by atoms with Crippen LogP contribution in [0.3, 0.4) is 0 Å². The molecular weight excluding hydrogens is 414 g/mol. The van der Waals surface area contributed by atoms with E-state index in [4.69, 9.17) is 9.47 Å². The number of carbonyl (C=O) groups is 1. The third-order valence-electron chi connectivity index (χ3n) is 6.61. The number of carbonyl (C=O) groups excluding carboxylic acids is 1. The van der Waals surface area contributed by atoms with Crippen molar-refractivity contribution < 1.29 is 14.3 Å². The van der Waals surface area contributed by atoms with Gasteiger partial charge in [0.15, 0.2) is 17.8 Å². The van der Waals surface area contributed by atoms with Crippen molar-refractivity contribution in [1.82, 2.24) is 4.57 Å². The highest BCUT2D eigenvalue weighted by atomic mass is 16.7. The number of ether oxygens (including phenoxy) is 2. The van der Waals surface area contributed by atoms with E-state index in [9.17, 15) is 9.59 Å². The Morgan fingerprint density at radius 1 is 0.939 bits per heavy atom. The van der Waals surface area contributed by atoms with Crippen molar-refractivity contribution >= 4 is 5.78 Å². The van der Waals surface area contributed by atoms with Gasteiger partial charge in [-0.15, -0.1) is 0 Å². The summed E-state index contributed by atoms with van der Waals surface area (Å²) in [5.41, 5.74) is 0.137. The van der Waals surface area contributed by atoms with E-state index in [2.05, 4.69) is 6.92 Å². The average Bonchev–Trinajstić information content (AvgIpc) is 2.81. The zero-order chi connectivity index (χ0) is 23.7. The second kappa shape index (κ2) is 16.9. The predicted molar refractivity (Wildman–Crippen MR) is 135 cm³/mol. The molecule has 5 nitrogen and oxygen atoms in total. The number of ketones is 1. The molecule has 2 heterocycles. The van der Waals surface area contributed by atoms with Gasteiger partial charge in [-0.25, -0.2) is 0 Å². The van der Waals surface area contributed by atoms with Crippen molar-refractivity contribution in [1.29, 1.82) is 0 Å². The lowest BCUT2D eigenvalue weighted by Crippen LogP contribution is -2.29. The SMILES string of the molecule is CCCCCCCCCCCCCCCCn1ccc(=O)c(OC2CCCCO2)c1C(C)=O. The molecule has 1 aliphatic heterocycles. The van der Waals surface area contributed by atoms with E-state index < -0.39 is 6.29 Å². The average molecular weight is 462 g/mol. The van der Waals surface area contributed by atoms with Gasteiger partial charge in [-0.3, -0.25) is 9.59 Å². The minimum atomic E-state index is -0.429. The maximum Gasteiger partial charge on any atom is 0.224 e. The zero-order valence-electron chi connectivity index (χ0n) is 21.2. The monoisotopic (exact) mass is 461 g/mol. The fourth-order valence-electron chi connectivity index (χ4n) is 4.63. The summed E-state index contributed by atoms with van der Waals surface area (Å²) in [6.07, 6.45) is 22.5. The van der Waals surface area contributed by atoms with E-state index in [-0.39, 0.29) is 17.0 Å². The quantitative estimate of drug-likeness (QED) is 0.168. The topological polar surface area (TPSA) is 57.5 Å². The van der Waals surface area contributed by atoms with E-state index in [0.717, 1.165) is 38.6 Å². The molecule has 1 aromatic heterocycles. The number of hydrogen-bond acceptors (Lipinski definition) is 4. The molecule has 0 amide bonds. The first-order valence-electron chi connectivity index (χ1n) is 13.7. The van der Waals surface area contributed by atoms with E-state index in [0.29, 0.717) is 12.3 Å². The molecule has 0 aromatic carbocycles. The number of unbranched alkanes of at least 4 members (excludes halogenated alkanes) is 13. The highest BCUT2D eigenvalue weighted by molar-refractivity contribution is 5.95. The van der Waals surface area contributed by atoms with Crippen LogP contribution in [0.1, 0.15) is 133 Å². The Hall–Kier alpha value is -1.62. The summed E-state index contributed by atoms with van der Waals surface area (Å²) in [6.45, 7) is 5.15. The molecule has 1 atom stereocenters. The Labute approximate surface area is 201 Å². The summed E-state index contributed by atoms with van der Waals surface area (Å²) >= 11 is 0. The Morgan fingerprint density at radius 2 is 1.52 bits per heavy atom. The molecule has 188 valence electrons. The molecule has 0 saturated carbocycles. The Balaban J connectivity index is 1.65. The van der Waals surface area contributed by atoms with Crippen molar-refractivity contribution in [3.05, 3.63) is 28.2 Å². The largest absolute Gasteiger partial charge is 0.458 e. The van der Waals surface area contributed by atoms with Crippen LogP contribution in [0, 0.1) is 0 Å². The molecule has 0 bridgehead atoms. The first-order chi connectivity index (χ1) is 16.1. The highest BCUT2D eigenvalue weighted by Gasteiger charge is 2.22. The van der Waals surface area contributed by atoms with E-state index >= 15 is 0 Å². The summed E-state index contributed by atoms with van der Waals surface area (Å²) in [4.78, 5) is 24.8. The minimum absolute atomic E-state index is 0.135. The van der Waals surface area contributed by atoms with Gasteiger partial charge in [0.1, 0.15) is 5.69 Å². The van der Waals surface area contributed by atoms with Crippen LogP contribution >= 0.6 is 0 Å². The van der Waals surface area contributed by atoms with Gasteiger partial charge in [0, 0.05) is 32.2 Å². The number of rotatable bonds is 18. The summed E-state index contributed by atoms with van der Waals surface area (Å²) in [5, 5.41) is 0. The molecule has 0 radical (unpaired) electrons. The van der Waals surface area contributed by atoms with Gasteiger partial charge >= 0.3 is 0 Å². The van der Waals surface area contributed by atoms with Crippen LogP contribution in [0.2, 0.25) is 0 Å². The molecule has 0 aliphatic carbocycles. The molecule has 33 heavy (non-hydrogen) atoms. The van der Waals surface area contributed by atoms with Gasteiger partial charge in [-0.1, -0.05) is 90.4 Å². The van der Waals surface area contributed by atoms with Crippen molar-refractivity contribution in [2.24, 2.45) is 0 Å². The first kappa shape index (κ1) is 27.6. The third kappa shape index (κ3) is 10.9. The summed E-state index contributed by atoms with van der Waals surface area (Å²) < 4.78 is 13.4. The van der Waals surface area contributed by atoms with Crippen molar-refractivity contribution in [3.63, 3.8) is 0 Å². The second-order valence-corrected chi connectivity index (χ2v) is 9.62. The molecule has 0 N–H and O–H groups in total. The molecule has 1 aromatic rings. The number of hydrogen-bond donors (Lipinski definition) is 0. The number of aromatic nitrogens is 1. The van der Waals surface area contributed by atoms with E-state index in [1.165, 1.54) is 90.0 Å². The smallest absolute Gasteiger partial charge is 0.224 e. The van der Waals surface area contributed by atoms with Crippen molar-refractivity contribution in [2.75, 3.05) is 6.61 Å². The highest BCUT2D eigenvalue weighted by Crippen LogP contribution is 2.21. The van der Waals surface area contributed by atoms with Crippen LogP contribution in [-0.2, 0) is 11.3 Å². The van der Waals surface area contributed by atoms with Gasteiger partial charge in [0.2, 0.25) is 5.43 Å². The van der Waals surface area contributed by atoms with Crippen LogP contribution in [0.25, 0.3) is 0 Å². The minimum Gasteiger partial charge on any atom is -0.458 e. The predicted octanol–water partition coefficient (Wildman–Crippen LogP) is 7.44. The lowest BCUT2D eigenvalue weighted by Gasteiger charge is -2.24. The van der Waals surface area contributed by atoms with E-state index in [1.807, 2.05) is 4.57 Å². The van der Waals surface area contributed by atoms with Crippen LogP contribution in [0.15, 0.2) is 17.1 Å². The number of aryl methyl sites for hydroxylation is 1.